The second-order valence-corrected chi connectivity index (χ2v) is 7.90. The average molecular weight is 475 g/mol. The van der Waals surface area contributed by atoms with Crippen molar-refractivity contribution in [3.8, 4) is 11.5 Å². The Morgan fingerprint density at radius 3 is 2.11 bits per heavy atom. The van der Waals surface area contributed by atoms with E-state index in [1.165, 1.54) is 0 Å². The third kappa shape index (κ3) is 5.27. The predicted molar refractivity (Wildman–Crippen MR) is 133 cm³/mol. The fraction of sp³-hybridized carbons (Fsp3) is 0.222. The van der Waals surface area contributed by atoms with Crippen molar-refractivity contribution in [2.24, 2.45) is 0 Å². The smallest absolute Gasteiger partial charge is 0.326 e. The number of para-hydroxylation sites is 2. The summed E-state index contributed by atoms with van der Waals surface area (Å²) in [5.74, 6) is 0.288. The van der Waals surface area contributed by atoms with Gasteiger partial charge in [0, 0.05) is 17.3 Å². The van der Waals surface area contributed by atoms with Crippen LogP contribution < -0.4 is 20.2 Å². The van der Waals surface area contributed by atoms with E-state index in [1.54, 1.807) is 55.2 Å². The van der Waals surface area contributed by atoms with Gasteiger partial charge in [0.15, 0.2) is 23.5 Å². The molecule has 0 radical (unpaired) electrons. The zero-order chi connectivity index (χ0) is 24.8. The summed E-state index contributed by atoms with van der Waals surface area (Å²) < 4.78 is 17.5. The number of hydrogen-bond acceptors (Lipinski definition) is 6. The maximum absolute atomic E-state index is 12.8. The molecule has 0 spiro atoms. The molecule has 3 aromatic carbocycles. The zero-order valence-corrected chi connectivity index (χ0v) is 19.6. The first-order chi connectivity index (χ1) is 17.0. The number of benzene rings is 3. The summed E-state index contributed by atoms with van der Waals surface area (Å²) in [4.78, 5) is 37.6. The Labute approximate surface area is 202 Å². The van der Waals surface area contributed by atoms with Crippen molar-refractivity contribution in [1.82, 2.24) is 9.88 Å². The third-order valence-electron chi connectivity index (χ3n) is 5.71. The summed E-state index contributed by atoms with van der Waals surface area (Å²) in [7, 11) is 3.14. The Kier molecular flexibility index (Phi) is 7.30. The molecular weight excluding hydrogens is 448 g/mol. The van der Waals surface area contributed by atoms with Crippen molar-refractivity contribution in [3.63, 3.8) is 0 Å². The van der Waals surface area contributed by atoms with Gasteiger partial charge in [-0.15, -0.1) is 0 Å². The molecule has 0 aliphatic rings. The Balaban J connectivity index is 1.36. The van der Waals surface area contributed by atoms with Gasteiger partial charge < -0.3 is 24.1 Å². The lowest BCUT2D eigenvalue weighted by Gasteiger charge is -2.14. The van der Waals surface area contributed by atoms with Gasteiger partial charge in [-0.2, -0.15) is 0 Å². The summed E-state index contributed by atoms with van der Waals surface area (Å²) in [6, 6.07) is 19.8. The first-order valence-corrected chi connectivity index (χ1v) is 11.2. The van der Waals surface area contributed by atoms with Crippen LogP contribution in [0.5, 0.6) is 11.5 Å². The summed E-state index contributed by atoms with van der Waals surface area (Å²) in [5, 5.41) is 3.79. The molecule has 1 N–H and O–H groups in total. The summed E-state index contributed by atoms with van der Waals surface area (Å²) in [5.41, 5.74) is 2.15. The van der Waals surface area contributed by atoms with Crippen molar-refractivity contribution in [3.05, 3.63) is 82.5 Å². The number of rotatable bonds is 9. The van der Waals surface area contributed by atoms with Crippen LogP contribution in [0.2, 0.25) is 0 Å². The highest BCUT2D eigenvalue weighted by atomic mass is 16.5. The SMILES string of the molecule is COc1ccc(CCNC(=O)COC(=O)Cn2c3ccccc3c(=O)c3ccccc32)cc1OC. The number of ether oxygens (including phenoxy) is 3. The molecule has 180 valence electrons. The van der Waals surface area contributed by atoms with Crippen LogP contribution in [0.4, 0.5) is 0 Å². The van der Waals surface area contributed by atoms with E-state index in [1.807, 2.05) is 30.3 Å². The van der Waals surface area contributed by atoms with Crippen molar-refractivity contribution in [2.75, 3.05) is 27.4 Å². The molecule has 4 rings (SSSR count). The molecular formula is C27H26N2O6. The number of methoxy groups -OCH3 is 2. The molecule has 0 aliphatic heterocycles. The van der Waals surface area contributed by atoms with E-state index >= 15 is 0 Å². The summed E-state index contributed by atoms with van der Waals surface area (Å²) in [6.07, 6.45) is 0.579. The number of hydrogen-bond donors (Lipinski definition) is 1. The predicted octanol–water partition coefficient (Wildman–Crippen LogP) is 3.07. The molecule has 0 bridgehead atoms. The van der Waals surface area contributed by atoms with Crippen molar-refractivity contribution in [1.29, 1.82) is 0 Å². The molecule has 0 fully saturated rings. The van der Waals surface area contributed by atoms with Crippen molar-refractivity contribution in [2.45, 2.75) is 13.0 Å². The summed E-state index contributed by atoms with van der Waals surface area (Å²) >= 11 is 0. The average Bonchev–Trinajstić information content (AvgIpc) is 2.89. The molecule has 35 heavy (non-hydrogen) atoms. The largest absolute Gasteiger partial charge is 0.493 e. The van der Waals surface area contributed by atoms with Crippen LogP contribution in [-0.4, -0.2) is 43.8 Å². The Hall–Kier alpha value is -4.33. The monoisotopic (exact) mass is 474 g/mol. The van der Waals surface area contributed by atoms with E-state index in [4.69, 9.17) is 14.2 Å². The van der Waals surface area contributed by atoms with Gasteiger partial charge in [0.25, 0.3) is 5.91 Å². The first-order valence-electron chi connectivity index (χ1n) is 11.2. The van der Waals surface area contributed by atoms with E-state index in [0.717, 1.165) is 5.56 Å². The molecule has 1 amide bonds. The highest BCUT2D eigenvalue weighted by Gasteiger charge is 2.14. The zero-order valence-electron chi connectivity index (χ0n) is 19.6. The maximum atomic E-state index is 12.8. The number of fused-ring (bicyclic) bond motifs is 2. The Bertz CT molecular complexity index is 1380. The fourth-order valence-electron chi connectivity index (χ4n) is 4.00. The van der Waals surface area contributed by atoms with Gasteiger partial charge in [-0.3, -0.25) is 14.4 Å². The van der Waals surface area contributed by atoms with E-state index in [-0.39, 0.29) is 18.6 Å². The van der Waals surface area contributed by atoms with Gasteiger partial charge >= 0.3 is 5.97 Å². The highest BCUT2D eigenvalue weighted by Crippen LogP contribution is 2.27. The normalized spacial score (nSPS) is 10.8. The molecule has 1 aromatic heterocycles. The molecule has 0 atom stereocenters. The fourth-order valence-corrected chi connectivity index (χ4v) is 4.00. The van der Waals surface area contributed by atoms with E-state index in [2.05, 4.69) is 5.32 Å². The van der Waals surface area contributed by atoms with Gasteiger partial charge in [-0.05, 0) is 48.4 Å². The van der Waals surface area contributed by atoms with Crippen LogP contribution in [0, 0.1) is 0 Å². The molecule has 8 nitrogen and oxygen atoms in total. The third-order valence-corrected chi connectivity index (χ3v) is 5.71. The van der Waals surface area contributed by atoms with Gasteiger partial charge in [0.05, 0.1) is 25.3 Å². The quantitative estimate of drug-likeness (QED) is 0.296. The van der Waals surface area contributed by atoms with Crippen molar-refractivity contribution >= 4 is 33.7 Å². The minimum atomic E-state index is -0.570. The minimum absolute atomic E-state index is 0.0883. The minimum Gasteiger partial charge on any atom is -0.493 e. The number of amides is 1. The summed E-state index contributed by atoms with van der Waals surface area (Å²) in [6.45, 7) is -0.137. The van der Waals surface area contributed by atoms with Crippen molar-refractivity contribution < 1.29 is 23.8 Å². The number of nitrogens with zero attached hydrogens (tertiary/aromatic N) is 1. The number of pyridine rings is 1. The number of carbonyl (C=O) groups is 2. The van der Waals surface area contributed by atoms with Crippen LogP contribution in [0.1, 0.15) is 5.56 Å². The van der Waals surface area contributed by atoms with Crippen LogP contribution in [0.15, 0.2) is 71.5 Å². The van der Waals surface area contributed by atoms with E-state index < -0.39 is 11.9 Å². The lowest BCUT2D eigenvalue weighted by Crippen LogP contribution is -2.31. The molecule has 4 aromatic rings. The number of aromatic nitrogens is 1. The molecule has 0 aliphatic carbocycles. The second-order valence-electron chi connectivity index (χ2n) is 7.90. The highest BCUT2D eigenvalue weighted by molar-refractivity contribution is 5.94. The van der Waals surface area contributed by atoms with Crippen LogP contribution in [-0.2, 0) is 27.3 Å². The van der Waals surface area contributed by atoms with Gasteiger partial charge in [0.1, 0.15) is 6.54 Å². The Morgan fingerprint density at radius 2 is 1.49 bits per heavy atom. The van der Waals surface area contributed by atoms with E-state index in [0.29, 0.717) is 46.3 Å². The van der Waals surface area contributed by atoms with Crippen LogP contribution in [0.25, 0.3) is 21.8 Å². The first kappa shape index (κ1) is 23.8. The molecule has 0 unspecified atom stereocenters. The lowest BCUT2D eigenvalue weighted by atomic mass is 10.1. The molecule has 1 heterocycles. The number of esters is 1. The topological polar surface area (TPSA) is 95.9 Å². The van der Waals surface area contributed by atoms with E-state index in [9.17, 15) is 14.4 Å². The van der Waals surface area contributed by atoms with Gasteiger partial charge in [0.2, 0.25) is 0 Å². The second kappa shape index (κ2) is 10.7. The molecule has 0 saturated carbocycles. The van der Waals surface area contributed by atoms with Gasteiger partial charge in [-0.25, -0.2) is 0 Å². The Morgan fingerprint density at radius 1 is 0.857 bits per heavy atom. The van der Waals surface area contributed by atoms with Crippen LogP contribution in [0.3, 0.4) is 0 Å². The molecule has 0 saturated heterocycles. The molecule has 8 heteroatoms. The van der Waals surface area contributed by atoms with Crippen LogP contribution >= 0.6 is 0 Å². The standard InChI is InChI=1S/C27H26N2O6/c1-33-23-12-11-18(15-24(23)34-2)13-14-28-25(30)17-35-26(31)16-29-21-9-5-3-7-19(21)27(32)20-8-4-6-10-22(20)29/h3-12,15H,13-14,16-17H2,1-2H3,(H,28,30). The van der Waals surface area contributed by atoms with Gasteiger partial charge in [-0.1, -0.05) is 30.3 Å². The number of nitrogens with one attached hydrogen (secondary N) is 1. The number of carbonyl (C=O) groups excluding carboxylic acids is 2. The maximum Gasteiger partial charge on any atom is 0.326 e. The lowest BCUT2D eigenvalue weighted by molar-refractivity contribution is -0.149.